The van der Waals surface area contributed by atoms with E-state index in [4.69, 9.17) is 0 Å². The summed E-state index contributed by atoms with van der Waals surface area (Å²) in [7, 11) is 0. The van der Waals surface area contributed by atoms with E-state index in [2.05, 4.69) is 19.9 Å². The average Bonchev–Trinajstić information content (AvgIpc) is 2.92. The summed E-state index contributed by atoms with van der Waals surface area (Å²) in [5, 5.41) is 40.1. The molecular formula is C24H16N4O8Ti. The third-order valence-electron chi connectivity index (χ3n) is 3.50. The van der Waals surface area contributed by atoms with Crippen molar-refractivity contribution in [3.63, 3.8) is 0 Å². The molecule has 4 rings (SSSR count). The summed E-state index contributed by atoms with van der Waals surface area (Å²) in [5.41, 5.74) is -0.120. The van der Waals surface area contributed by atoms with Crippen molar-refractivity contribution in [2.24, 2.45) is 0 Å². The molecule has 0 amide bonds. The number of aromatic carboxylic acids is 4. The Morgan fingerprint density at radius 2 is 0.595 bits per heavy atom. The van der Waals surface area contributed by atoms with Crippen molar-refractivity contribution in [3.8, 4) is 0 Å². The van der Waals surface area contributed by atoms with Gasteiger partial charge in [-0.25, -0.2) is 0 Å². The predicted octanol–water partition coefficient (Wildman–Crippen LogP) is -2.22. The smallest absolute Gasteiger partial charge is 0.543 e. The van der Waals surface area contributed by atoms with Crippen molar-refractivity contribution in [2.75, 3.05) is 0 Å². The first-order valence-electron chi connectivity index (χ1n) is 9.71. The number of pyridine rings is 4. The number of rotatable bonds is 4. The van der Waals surface area contributed by atoms with Gasteiger partial charge >= 0.3 is 21.7 Å². The van der Waals surface area contributed by atoms with Crippen LogP contribution in [-0.4, -0.2) is 43.8 Å². The Hall–Kier alpha value is -4.81. The summed E-state index contributed by atoms with van der Waals surface area (Å²) in [4.78, 5) is 54.2. The van der Waals surface area contributed by atoms with Gasteiger partial charge in [0, 0.05) is 24.8 Å². The van der Waals surface area contributed by atoms with Gasteiger partial charge in [-0.3, -0.25) is 19.9 Å². The van der Waals surface area contributed by atoms with E-state index in [1.54, 1.807) is 48.5 Å². The topological polar surface area (TPSA) is 212 Å². The minimum atomic E-state index is -1.24. The molecule has 0 bridgehead atoms. The maximum atomic E-state index is 10.0. The van der Waals surface area contributed by atoms with Gasteiger partial charge in [0.25, 0.3) is 0 Å². The van der Waals surface area contributed by atoms with Crippen LogP contribution in [-0.2, 0) is 21.7 Å². The molecule has 0 N–H and O–H groups in total. The van der Waals surface area contributed by atoms with Gasteiger partial charge in [0.15, 0.2) is 0 Å². The molecule has 0 aliphatic rings. The standard InChI is InChI=1S/4C6H5NO2.Ti/c4*8-6(9)5-3-1-2-4-7-5;/h4*1-4H,(H,8,9);/q;;;;+4/p-4. The molecule has 0 aromatic carbocycles. The molecule has 13 heteroatoms. The summed E-state index contributed by atoms with van der Waals surface area (Å²) in [6.45, 7) is 0. The van der Waals surface area contributed by atoms with Gasteiger partial charge in [-0.2, -0.15) is 0 Å². The molecule has 4 heterocycles. The Balaban J connectivity index is 0.000000463. The molecule has 184 valence electrons. The zero-order valence-electron chi connectivity index (χ0n) is 18.8. The molecule has 0 aliphatic heterocycles. The third-order valence-corrected chi connectivity index (χ3v) is 3.50. The number of carbonyl (C=O) groups is 4. The average molecular weight is 536 g/mol. The van der Waals surface area contributed by atoms with Crippen LogP contribution < -0.4 is 20.4 Å². The molecule has 4 aromatic rings. The normalized spacial score (nSPS) is 8.65. The van der Waals surface area contributed by atoms with Gasteiger partial charge in [-0.15, -0.1) is 0 Å². The van der Waals surface area contributed by atoms with Crippen molar-refractivity contribution in [2.45, 2.75) is 0 Å². The molecule has 0 radical (unpaired) electrons. The molecule has 0 aliphatic carbocycles. The maximum absolute atomic E-state index is 10.0. The Morgan fingerprint density at radius 1 is 0.405 bits per heavy atom. The molecule has 37 heavy (non-hydrogen) atoms. The maximum Gasteiger partial charge on any atom is 4.00 e. The molecule has 0 atom stereocenters. The number of hydrogen-bond acceptors (Lipinski definition) is 12. The second kappa shape index (κ2) is 18.5. The fraction of sp³-hybridized carbons (Fsp3) is 0. The van der Waals surface area contributed by atoms with Crippen molar-refractivity contribution in [1.82, 2.24) is 19.9 Å². The van der Waals surface area contributed by atoms with Gasteiger partial charge in [-0.1, -0.05) is 24.3 Å². The van der Waals surface area contributed by atoms with Crippen LogP contribution in [0.4, 0.5) is 0 Å². The van der Waals surface area contributed by atoms with Crippen molar-refractivity contribution >= 4 is 23.9 Å². The fourth-order valence-electron chi connectivity index (χ4n) is 1.93. The minimum Gasteiger partial charge on any atom is -0.543 e. The second-order valence-corrected chi connectivity index (χ2v) is 6.01. The Labute approximate surface area is 225 Å². The monoisotopic (exact) mass is 536 g/mol. The van der Waals surface area contributed by atoms with Crippen LogP contribution >= 0.6 is 0 Å². The fourth-order valence-corrected chi connectivity index (χ4v) is 1.93. The summed E-state index contributed by atoms with van der Waals surface area (Å²) < 4.78 is 0. The third kappa shape index (κ3) is 14.3. The van der Waals surface area contributed by atoms with Gasteiger partial charge < -0.3 is 39.6 Å². The van der Waals surface area contributed by atoms with E-state index in [1.807, 2.05) is 0 Å². The predicted molar refractivity (Wildman–Crippen MR) is 114 cm³/mol. The zero-order valence-corrected chi connectivity index (χ0v) is 20.4. The number of aromatic nitrogens is 4. The summed E-state index contributed by atoms with van der Waals surface area (Å²) >= 11 is 0. The summed E-state index contributed by atoms with van der Waals surface area (Å²) in [6.07, 6.45) is 5.63. The van der Waals surface area contributed by atoms with Crippen LogP contribution in [0.1, 0.15) is 42.0 Å². The summed E-state index contributed by atoms with van der Waals surface area (Å²) in [6, 6.07) is 18.5. The van der Waals surface area contributed by atoms with E-state index >= 15 is 0 Å². The molecular weight excluding hydrogens is 520 g/mol. The van der Waals surface area contributed by atoms with Crippen LogP contribution in [0.25, 0.3) is 0 Å². The van der Waals surface area contributed by atoms with Crippen LogP contribution in [0.5, 0.6) is 0 Å². The molecule has 0 spiro atoms. The van der Waals surface area contributed by atoms with Crippen molar-refractivity contribution in [3.05, 3.63) is 120 Å². The van der Waals surface area contributed by atoms with E-state index in [0.29, 0.717) is 0 Å². The SMILES string of the molecule is O=C([O-])c1ccccn1.O=C([O-])c1ccccn1.O=C([O-])c1ccccn1.O=C([O-])c1ccccn1.[Ti+4]. The van der Waals surface area contributed by atoms with Crippen LogP contribution in [0.3, 0.4) is 0 Å². The molecule has 0 fully saturated rings. The van der Waals surface area contributed by atoms with Gasteiger partial charge in [-0.05, 0) is 48.5 Å². The van der Waals surface area contributed by atoms with Gasteiger partial charge in [0.1, 0.15) is 0 Å². The van der Waals surface area contributed by atoms with Crippen LogP contribution in [0.2, 0.25) is 0 Å². The molecule has 4 aromatic heterocycles. The largest absolute Gasteiger partial charge is 4.00 e. The number of hydrogen-bond donors (Lipinski definition) is 0. The van der Waals surface area contributed by atoms with Crippen LogP contribution in [0, 0.1) is 0 Å². The first-order chi connectivity index (χ1) is 17.2. The van der Waals surface area contributed by atoms with E-state index in [0.717, 1.165) is 0 Å². The minimum absolute atomic E-state index is 0. The number of nitrogens with zero attached hydrogens (tertiary/aromatic N) is 4. The van der Waals surface area contributed by atoms with Crippen LogP contribution in [0.15, 0.2) is 97.6 Å². The summed E-state index contributed by atoms with van der Waals surface area (Å²) in [5.74, 6) is -4.96. The van der Waals surface area contributed by atoms with Crippen molar-refractivity contribution in [1.29, 1.82) is 0 Å². The Morgan fingerprint density at radius 3 is 0.676 bits per heavy atom. The molecule has 0 saturated heterocycles. The van der Waals surface area contributed by atoms with E-state index < -0.39 is 23.9 Å². The molecule has 0 unspecified atom stereocenters. The van der Waals surface area contributed by atoms with Gasteiger partial charge in [0.2, 0.25) is 0 Å². The van der Waals surface area contributed by atoms with E-state index in [-0.39, 0.29) is 44.5 Å². The number of carboxylic acids is 4. The molecule has 0 saturated carbocycles. The van der Waals surface area contributed by atoms with Crippen molar-refractivity contribution < 1.29 is 61.3 Å². The zero-order chi connectivity index (χ0) is 26.8. The first kappa shape index (κ1) is 32.2. The van der Waals surface area contributed by atoms with E-state index in [1.165, 1.54) is 49.1 Å². The number of carbonyl (C=O) groups excluding carboxylic acids is 4. The van der Waals surface area contributed by atoms with Gasteiger partial charge in [0.05, 0.1) is 46.7 Å². The quantitative estimate of drug-likeness (QED) is 0.254. The molecule has 12 nitrogen and oxygen atoms in total. The number of carboxylic acid groups (broad SMARTS) is 4. The van der Waals surface area contributed by atoms with E-state index in [9.17, 15) is 39.6 Å². The Kier molecular flexibility index (Phi) is 16.1. The first-order valence-corrected chi connectivity index (χ1v) is 9.71. The second-order valence-electron chi connectivity index (χ2n) is 6.01. The Bertz CT molecular complexity index is 1030.